The van der Waals surface area contributed by atoms with Crippen LogP contribution in [0.1, 0.15) is 10.4 Å². The van der Waals surface area contributed by atoms with Gasteiger partial charge >= 0.3 is 5.97 Å². The smallest absolute Gasteiger partial charge is 0.339 e. The molecule has 0 saturated heterocycles. The van der Waals surface area contributed by atoms with Crippen molar-refractivity contribution in [1.82, 2.24) is 15.0 Å². The van der Waals surface area contributed by atoms with Gasteiger partial charge in [-0.15, -0.1) is 0 Å². The molecule has 0 radical (unpaired) electrons. The Morgan fingerprint density at radius 3 is 2.50 bits per heavy atom. The first kappa shape index (κ1) is 8.36. The lowest BCUT2D eigenvalue weighted by molar-refractivity contribution is 0.0698. The molecule has 14 heavy (non-hydrogen) atoms. The van der Waals surface area contributed by atoms with Crippen LogP contribution in [0.3, 0.4) is 0 Å². The molecule has 0 aliphatic rings. The molecule has 0 aromatic carbocycles. The molecule has 2 rings (SSSR count). The molecule has 2 heterocycles. The minimum absolute atomic E-state index is 0.00213. The van der Waals surface area contributed by atoms with E-state index in [1.54, 1.807) is 0 Å². The Balaban J connectivity index is 2.88. The van der Waals surface area contributed by atoms with Gasteiger partial charge in [0.05, 0.1) is 0 Å². The Morgan fingerprint density at radius 2 is 1.86 bits per heavy atom. The summed E-state index contributed by atoms with van der Waals surface area (Å²) in [4.78, 5) is 22.3. The minimum atomic E-state index is -1.09. The number of carboxylic acids is 1. The van der Waals surface area contributed by atoms with Crippen LogP contribution >= 0.6 is 0 Å². The summed E-state index contributed by atoms with van der Waals surface area (Å²) >= 11 is 0. The number of rotatable bonds is 1. The third-order valence-electron chi connectivity index (χ3n) is 1.76. The summed E-state index contributed by atoms with van der Waals surface area (Å²) in [7, 11) is 0. The molecule has 6 heteroatoms. The Hall–Kier alpha value is -2.24. The van der Waals surface area contributed by atoms with E-state index in [1.165, 1.54) is 18.6 Å². The maximum Gasteiger partial charge on any atom is 0.339 e. The largest absolute Gasteiger partial charge is 0.478 e. The molecule has 2 aromatic heterocycles. The van der Waals surface area contributed by atoms with Crippen molar-refractivity contribution >= 4 is 22.8 Å². The van der Waals surface area contributed by atoms with Crippen LogP contribution in [0.2, 0.25) is 0 Å². The predicted molar refractivity (Wildman–Crippen MR) is 48.7 cm³/mol. The number of fused-ring (bicyclic) bond motifs is 1. The van der Waals surface area contributed by atoms with Gasteiger partial charge in [0.25, 0.3) is 0 Å². The number of anilines is 1. The Kier molecular flexibility index (Phi) is 1.74. The highest BCUT2D eigenvalue weighted by atomic mass is 16.4. The number of nitrogen functional groups attached to an aromatic ring is 1. The number of hydrogen-bond donors (Lipinski definition) is 2. The van der Waals surface area contributed by atoms with Crippen LogP contribution in [0.4, 0.5) is 5.82 Å². The first-order chi connectivity index (χ1) is 6.70. The molecule has 6 nitrogen and oxygen atoms in total. The standard InChI is InChI=1S/C8H6N4O2/c9-7-6-5(10-1-2-11-6)4(3-12-7)8(13)14/h1-3H,(H2,9,12)(H,13,14). The lowest BCUT2D eigenvalue weighted by Crippen LogP contribution is -2.03. The summed E-state index contributed by atoms with van der Waals surface area (Å²) in [5, 5.41) is 8.83. The SMILES string of the molecule is Nc1ncc(C(=O)O)c2nccnc12. The van der Waals surface area contributed by atoms with Crippen LogP contribution < -0.4 is 5.73 Å². The van der Waals surface area contributed by atoms with E-state index in [0.29, 0.717) is 5.52 Å². The van der Waals surface area contributed by atoms with Gasteiger partial charge in [0.2, 0.25) is 0 Å². The molecule has 0 aliphatic carbocycles. The highest BCUT2D eigenvalue weighted by Gasteiger charge is 2.12. The zero-order chi connectivity index (χ0) is 10.1. The first-order valence-corrected chi connectivity index (χ1v) is 3.78. The van der Waals surface area contributed by atoms with Crippen LogP contribution in [0.25, 0.3) is 11.0 Å². The Morgan fingerprint density at radius 1 is 1.21 bits per heavy atom. The summed E-state index contributed by atoms with van der Waals surface area (Å²) in [6, 6.07) is 0. The number of hydrogen-bond acceptors (Lipinski definition) is 5. The predicted octanol–water partition coefficient (Wildman–Crippen LogP) is 0.305. The van der Waals surface area contributed by atoms with Gasteiger partial charge in [0.15, 0.2) is 5.82 Å². The molecule has 2 aromatic rings. The van der Waals surface area contributed by atoms with Gasteiger partial charge in [-0.3, -0.25) is 4.98 Å². The van der Waals surface area contributed by atoms with Crippen LogP contribution in [0.5, 0.6) is 0 Å². The van der Waals surface area contributed by atoms with Gasteiger partial charge in [0, 0.05) is 18.6 Å². The zero-order valence-corrected chi connectivity index (χ0v) is 7.01. The molecule has 0 atom stereocenters. The molecule has 3 N–H and O–H groups in total. The van der Waals surface area contributed by atoms with Crippen molar-refractivity contribution in [1.29, 1.82) is 0 Å². The second kappa shape index (κ2) is 2.91. The Labute approximate surface area is 78.4 Å². The van der Waals surface area contributed by atoms with E-state index in [9.17, 15) is 4.79 Å². The third-order valence-corrected chi connectivity index (χ3v) is 1.76. The molecule has 70 valence electrons. The van der Waals surface area contributed by atoms with Gasteiger partial charge in [-0.05, 0) is 0 Å². The van der Waals surface area contributed by atoms with Crippen molar-refractivity contribution < 1.29 is 9.90 Å². The molecular weight excluding hydrogens is 184 g/mol. The van der Waals surface area contributed by atoms with E-state index in [4.69, 9.17) is 10.8 Å². The number of aromatic carboxylic acids is 1. The van der Waals surface area contributed by atoms with Gasteiger partial charge in [-0.2, -0.15) is 0 Å². The van der Waals surface area contributed by atoms with E-state index < -0.39 is 5.97 Å². The number of carboxylic acid groups (broad SMARTS) is 1. The summed E-state index contributed by atoms with van der Waals surface area (Å²) < 4.78 is 0. The monoisotopic (exact) mass is 190 g/mol. The lowest BCUT2D eigenvalue weighted by Gasteiger charge is -2.01. The van der Waals surface area contributed by atoms with Gasteiger partial charge in [0.1, 0.15) is 16.6 Å². The van der Waals surface area contributed by atoms with Crippen molar-refractivity contribution in [2.24, 2.45) is 0 Å². The van der Waals surface area contributed by atoms with Crippen LogP contribution in [0.15, 0.2) is 18.6 Å². The molecule has 0 unspecified atom stereocenters. The molecule has 0 saturated carbocycles. The second-order valence-electron chi connectivity index (χ2n) is 2.62. The topological polar surface area (TPSA) is 102 Å². The minimum Gasteiger partial charge on any atom is -0.478 e. The number of nitrogens with two attached hydrogens (primary N) is 1. The lowest BCUT2D eigenvalue weighted by atomic mass is 10.2. The van der Waals surface area contributed by atoms with Crippen molar-refractivity contribution in [3.8, 4) is 0 Å². The van der Waals surface area contributed by atoms with Gasteiger partial charge in [-0.25, -0.2) is 14.8 Å². The summed E-state index contributed by atoms with van der Waals surface area (Å²) in [5.41, 5.74) is 6.09. The number of carbonyl (C=O) groups is 1. The normalized spacial score (nSPS) is 10.3. The third kappa shape index (κ3) is 1.13. The molecule has 0 spiro atoms. The quantitative estimate of drug-likeness (QED) is 0.670. The molecular formula is C8H6N4O2. The number of nitrogens with zero attached hydrogens (tertiary/aromatic N) is 3. The second-order valence-corrected chi connectivity index (χ2v) is 2.62. The molecule has 0 bridgehead atoms. The van der Waals surface area contributed by atoms with E-state index in [-0.39, 0.29) is 16.9 Å². The van der Waals surface area contributed by atoms with Crippen LogP contribution in [-0.2, 0) is 0 Å². The average molecular weight is 190 g/mol. The summed E-state index contributed by atoms with van der Waals surface area (Å²) in [6.45, 7) is 0. The fraction of sp³-hybridized carbons (Fsp3) is 0. The van der Waals surface area contributed by atoms with E-state index in [0.717, 1.165) is 0 Å². The van der Waals surface area contributed by atoms with Crippen molar-refractivity contribution in [2.75, 3.05) is 5.73 Å². The fourth-order valence-electron chi connectivity index (χ4n) is 1.14. The first-order valence-electron chi connectivity index (χ1n) is 3.78. The van der Waals surface area contributed by atoms with E-state index in [2.05, 4.69) is 15.0 Å². The van der Waals surface area contributed by atoms with Gasteiger partial charge in [-0.1, -0.05) is 0 Å². The summed E-state index contributed by atoms with van der Waals surface area (Å²) in [5.74, 6) is -0.916. The van der Waals surface area contributed by atoms with Crippen molar-refractivity contribution in [2.45, 2.75) is 0 Å². The average Bonchev–Trinajstić information content (AvgIpc) is 2.18. The van der Waals surface area contributed by atoms with Crippen LogP contribution in [-0.4, -0.2) is 26.0 Å². The fourth-order valence-corrected chi connectivity index (χ4v) is 1.14. The Bertz CT molecular complexity index is 512. The van der Waals surface area contributed by atoms with E-state index >= 15 is 0 Å². The molecule has 0 fully saturated rings. The maximum atomic E-state index is 10.8. The highest BCUT2D eigenvalue weighted by Crippen LogP contribution is 2.17. The van der Waals surface area contributed by atoms with Gasteiger partial charge < -0.3 is 10.8 Å². The molecule has 0 amide bonds. The van der Waals surface area contributed by atoms with Crippen molar-refractivity contribution in [3.05, 3.63) is 24.2 Å². The maximum absolute atomic E-state index is 10.8. The molecule has 0 aliphatic heterocycles. The van der Waals surface area contributed by atoms with Crippen molar-refractivity contribution in [3.63, 3.8) is 0 Å². The number of aromatic nitrogens is 3. The van der Waals surface area contributed by atoms with E-state index in [1.807, 2.05) is 0 Å². The number of pyridine rings is 1. The van der Waals surface area contributed by atoms with Crippen LogP contribution in [0, 0.1) is 0 Å². The summed E-state index contributed by atoms with van der Waals surface area (Å²) in [6.07, 6.45) is 4.02. The zero-order valence-electron chi connectivity index (χ0n) is 7.01. The highest BCUT2D eigenvalue weighted by molar-refractivity contribution is 6.02.